The second-order valence-electron chi connectivity index (χ2n) is 5.00. The summed E-state index contributed by atoms with van der Waals surface area (Å²) in [6.45, 7) is 0.709. The van der Waals surface area contributed by atoms with Crippen LogP contribution in [-0.2, 0) is 6.54 Å². The lowest BCUT2D eigenvalue weighted by Gasteiger charge is -2.27. The van der Waals surface area contributed by atoms with E-state index >= 15 is 0 Å². The van der Waals surface area contributed by atoms with Crippen LogP contribution in [0.1, 0.15) is 16.7 Å². The van der Waals surface area contributed by atoms with Gasteiger partial charge >= 0.3 is 0 Å². The van der Waals surface area contributed by atoms with E-state index in [1.807, 2.05) is 48.7 Å². The predicted molar refractivity (Wildman–Crippen MR) is 89.1 cm³/mol. The summed E-state index contributed by atoms with van der Waals surface area (Å²) in [5, 5.41) is 0. The lowest BCUT2D eigenvalue weighted by atomic mass is 10.0. The molecule has 0 aliphatic carbocycles. The Kier molecular flexibility index (Phi) is 3.76. The Labute approximate surface area is 130 Å². The monoisotopic (exact) mass is 291 g/mol. The molecule has 0 fully saturated rings. The average molecular weight is 291 g/mol. The topological polar surface area (TPSA) is 21.7 Å². The Morgan fingerprint density at radius 2 is 1.86 bits per heavy atom. The Bertz CT molecular complexity index is 771. The summed E-state index contributed by atoms with van der Waals surface area (Å²) in [5.74, 6) is 4.38. The average Bonchev–Trinajstić information content (AvgIpc) is 2.60. The van der Waals surface area contributed by atoms with Crippen molar-refractivity contribution in [3.8, 4) is 23.8 Å². The molecule has 0 unspecified atom stereocenters. The van der Waals surface area contributed by atoms with Gasteiger partial charge in [0.1, 0.15) is 11.5 Å². The lowest BCUT2D eigenvalue weighted by molar-refractivity contribution is 0.397. The minimum atomic E-state index is 0.709. The van der Waals surface area contributed by atoms with Gasteiger partial charge in [0.15, 0.2) is 0 Å². The summed E-state index contributed by atoms with van der Waals surface area (Å²) in [6, 6.07) is 11.8. The van der Waals surface area contributed by atoms with Gasteiger partial charge in [-0.1, -0.05) is 12.0 Å². The molecule has 3 heteroatoms. The number of benzene rings is 2. The maximum atomic E-state index is 5.49. The van der Waals surface area contributed by atoms with Gasteiger partial charge in [0.2, 0.25) is 0 Å². The minimum absolute atomic E-state index is 0.709. The highest BCUT2D eigenvalue weighted by atomic mass is 16.5. The van der Waals surface area contributed by atoms with Crippen molar-refractivity contribution in [3.63, 3.8) is 0 Å². The molecule has 0 amide bonds. The third kappa shape index (κ3) is 2.40. The summed E-state index contributed by atoms with van der Waals surface area (Å²) >= 11 is 0. The zero-order chi connectivity index (χ0) is 15.5. The minimum Gasteiger partial charge on any atom is -0.496 e. The van der Waals surface area contributed by atoms with Crippen molar-refractivity contribution in [3.05, 3.63) is 59.3 Å². The third-order valence-electron chi connectivity index (χ3n) is 3.81. The fourth-order valence-electron chi connectivity index (χ4n) is 2.68. The molecule has 0 N–H and O–H groups in total. The number of fused-ring (bicyclic) bond motifs is 1. The third-order valence-corrected chi connectivity index (χ3v) is 3.81. The first-order valence-electron chi connectivity index (χ1n) is 7.02. The molecule has 1 heterocycles. The van der Waals surface area contributed by atoms with E-state index < -0.39 is 0 Å². The molecule has 0 bridgehead atoms. The van der Waals surface area contributed by atoms with Gasteiger partial charge in [-0.15, -0.1) is 6.42 Å². The van der Waals surface area contributed by atoms with E-state index in [2.05, 4.69) is 10.8 Å². The fraction of sp³-hybridized carbons (Fsp3) is 0.158. The first kappa shape index (κ1) is 14.1. The molecule has 0 radical (unpaired) electrons. The van der Waals surface area contributed by atoms with Crippen LogP contribution in [0.4, 0.5) is 5.69 Å². The van der Waals surface area contributed by atoms with Crippen LogP contribution >= 0.6 is 0 Å². The molecule has 0 atom stereocenters. The van der Waals surface area contributed by atoms with Crippen molar-refractivity contribution in [2.45, 2.75) is 6.54 Å². The maximum absolute atomic E-state index is 5.49. The number of hydrogen-bond donors (Lipinski definition) is 0. The molecule has 22 heavy (non-hydrogen) atoms. The first-order chi connectivity index (χ1) is 10.8. The number of anilines is 1. The number of ether oxygens (including phenoxy) is 2. The van der Waals surface area contributed by atoms with E-state index in [1.165, 1.54) is 0 Å². The van der Waals surface area contributed by atoms with Crippen LogP contribution in [0.2, 0.25) is 0 Å². The van der Waals surface area contributed by atoms with E-state index in [4.69, 9.17) is 15.9 Å². The SMILES string of the molecule is C#Cc1cccc(N2C=Cc3c(OC)ccc(OC)c3C2)c1. The molecule has 1 aliphatic heterocycles. The van der Waals surface area contributed by atoms with E-state index in [0.29, 0.717) is 6.54 Å². The van der Waals surface area contributed by atoms with Gasteiger partial charge in [-0.3, -0.25) is 0 Å². The van der Waals surface area contributed by atoms with Gasteiger partial charge < -0.3 is 14.4 Å². The van der Waals surface area contributed by atoms with Crippen LogP contribution in [0.3, 0.4) is 0 Å². The second kappa shape index (κ2) is 5.87. The summed E-state index contributed by atoms with van der Waals surface area (Å²) in [7, 11) is 3.36. The quantitative estimate of drug-likeness (QED) is 0.805. The van der Waals surface area contributed by atoms with Crippen LogP contribution in [0, 0.1) is 12.3 Å². The van der Waals surface area contributed by atoms with Crippen molar-refractivity contribution < 1.29 is 9.47 Å². The van der Waals surface area contributed by atoms with Crippen molar-refractivity contribution in [2.75, 3.05) is 19.1 Å². The molecule has 2 aromatic carbocycles. The highest BCUT2D eigenvalue weighted by Gasteiger charge is 2.19. The number of rotatable bonds is 3. The molecule has 110 valence electrons. The van der Waals surface area contributed by atoms with Crippen LogP contribution in [-0.4, -0.2) is 14.2 Å². The Morgan fingerprint density at radius 1 is 1.09 bits per heavy atom. The molecular weight excluding hydrogens is 274 g/mol. The van der Waals surface area contributed by atoms with E-state index in [-0.39, 0.29) is 0 Å². The predicted octanol–water partition coefficient (Wildman–Crippen LogP) is 3.68. The zero-order valence-corrected chi connectivity index (χ0v) is 12.7. The number of hydrogen-bond acceptors (Lipinski definition) is 3. The largest absolute Gasteiger partial charge is 0.496 e. The van der Waals surface area contributed by atoms with Crippen LogP contribution < -0.4 is 14.4 Å². The summed E-state index contributed by atoms with van der Waals surface area (Å²) < 4.78 is 10.9. The van der Waals surface area contributed by atoms with Crippen LogP contribution in [0.15, 0.2) is 42.6 Å². The molecular formula is C19H17NO2. The van der Waals surface area contributed by atoms with Crippen LogP contribution in [0.25, 0.3) is 6.08 Å². The highest BCUT2D eigenvalue weighted by molar-refractivity contribution is 5.71. The van der Waals surface area contributed by atoms with Crippen molar-refractivity contribution in [1.29, 1.82) is 0 Å². The van der Waals surface area contributed by atoms with Crippen molar-refractivity contribution in [2.24, 2.45) is 0 Å². The summed E-state index contributed by atoms with van der Waals surface area (Å²) in [5.41, 5.74) is 4.10. The molecule has 3 rings (SSSR count). The normalized spacial score (nSPS) is 12.5. The molecule has 0 spiro atoms. The summed E-state index contributed by atoms with van der Waals surface area (Å²) in [6.07, 6.45) is 9.57. The maximum Gasteiger partial charge on any atom is 0.126 e. The molecule has 3 nitrogen and oxygen atoms in total. The second-order valence-corrected chi connectivity index (χ2v) is 5.00. The van der Waals surface area contributed by atoms with Gasteiger partial charge in [0.05, 0.1) is 20.8 Å². The number of nitrogens with zero attached hydrogens (tertiary/aromatic N) is 1. The molecule has 0 aromatic heterocycles. The van der Waals surface area contributed by atoms with Gasteiger partial charge in [0.25, 0.3) is 0 Å². The lowest BCUT2D eigenvalue weighted by Crippen LogP contribution is -2.20. The molecule has 0 saturated carbocycles. The van der Waals surface area contributed by atoms with Crippen LogP contribution in [0.5, 0.6) is 11.5 Å². The van der Waals surface area contributed by atoms with Gasteiger partial charge in [-0.05, 0) is 36.4 Å². The van der Waals surface area contributed by atoms with Crippen molar-refractivity contribution >= 4 is 11.8 Å². The molecule has 2 aromatic rings. The molecule has 1 aliphatic rings. The van der Waals surface area contributed by atoms with E-state index in [0.717, 1.165) is 33.9 Å². The van der Waals surface area contributed by atoms with E-state index in [9.17, 15) is 0 Å². The van der Waals surface area contributed by atoms with Gasteiger partial charge in [-0.2, -0.15) is 0 Å². The fourth-order valence-corrected chi connectivity index (χ4v) is 2.68. The Hall–Kier alpha value is -2.86. The van der Waals surface area contributed by atoms with E-state index in [1.54, 1.807) is 14.2 Å². The Balaban J connectivity index is 2.02. The number of terminal acetylenes is 1. The van der Waals surface area contributed by atoms with Gasteiger partial charge in [-0.25, -0.2) is 0 Å². The first-order valence-corrected chi connectivity index (χ1v) is 7.02. The zero-order valence-electron chi connectivity index (χ0n) is 12.7. The number of methoxy groups -OCH3 is 2. The smallest absolute Gasteiger partial charge is 0.126 e. The Morgan fingerprint density at radius 3 is 2.59 bits per heavy atom. The van der Waals surface area contributed by atoms with Gasteiger partial charge in [0, 0.05) is 28.6 Å². The summed E-state index contributed by atoms with van der Waals surface area (Å²) in [4.78, 5) is 2.14. The highest BCUT2D eigenvalue weighted by Crippen LogP contribution is 2.36. The van der Waals surface area contributed by atoms with Crippen molar-refractivity contribution in [1.82, 2.24) is 0 Å². The molecule has 0 saturated heterocycles. The standard InChI is InChI=1S/C19H17NO2/c1-4-14-6-5-7-15(12-14)20-11-10-16-17(13-20)19(22-3)9-8-18(16)21-2/h1,5-12H,13H2,2-3H3.